The summed E-state index contributed by atoms with van der Waals surface area (Å²) in [6.45, 7) is 23.0. The topological polar surface area (TPSA) is 382 Å². The molecule has 4 aromatic carbocycles. The van der Waals surface area contributed by atoms with Gasteiger partial charge in [-0.2, -0.15) is 26.8 Å². The van der Waals surface area contributed by atoms with Gasteiger partial charge in [-0.1, -0.05) is 107 Å². The van der Waals surface area contributed by atoms with E-state index in [1.807, 2.05) is 83.1 Å². The van der Waals surface area contributed by atoms with Crippen LogP contribution < -0.4 is 102 Å². The van der Waals surface area contributed by atoms with Gasteiger partial charge in [-0.05, 0) is 104 Å². The number of nitrogens with zero attached hydrogens (tertiary/aromatic N) is 8. The van der Waals surface area contributed by atoms with Gasteiger partial charge in [0.05, 0.1) is 22.7 Å². The van der Waals surface area contributed by atoms with E-state index in [1.165, 1.54) is 50.5 Å². The van der Waals surface area contributed by atoms with Crippen LogP contribution in [-0.2, 0) is 41.9 Å². The van der Waals surface area contributed by atoms with Gasteiger partial charge in [0.25, 0.3) is 32.3 Å². The molecule has 0 aliphatic carbocycles. The standard InChI is InChI=1S/C52H66N14O10S2.2Na/c1-49(2,3)33-21-31(22-34(39(33)67)50(4,5)6)57-43-59-41(61-45(63-43)65-47(69)53-13)55-29-19-17-27(37(25-29)77(71,72)73)15-16-28-18-20-30(26-38(28)78(74,75)76)56-42-60-44(64-46(62-42)66-48(70)54-14)58-32-23-35(51(7,8)9)40(68)36(24-32)52(10,11)12;;/h15-26,67-68H,1-14H3,(H,71,72,73)(H,74,75,76)(H4,53,55,57,59,61,63,65,69)(H4,54,56,58,60,62,64,66,70);;/q;2*+1/p-2/b16-15+;;. The second kappa shape index (κ2) is 25.3. The Balaban J connectivity index is 0.00000689. The normalized spacial score (nSPS) is 14.1. The van der Waals surface area contributed by atoms with Crippen LogP contribution in [0.1, 0.15) is 116 Å². The first-order valence-corrected chi connectivity index (χ1v) is 26.9. The zero-order chi connectivity index (χ0) is 58.1. The van der Waals surface area contributed by atoms with Crippen LogP contribution in [0.3, 0.4) is 0 Å². The number of nitrogens with one attached hydrogen (secondary N) is 6. The molecule has 416 valence electrons. The number of rotatable bonds is 10. The Hall–Kier alpha value is -6.20. The van der Waals surface area contributed by atoms with E-state index in [2.05, 4.69) is 60.5 Å². The van der Waals surface area contributed by atoms with Gasteiger partial charge in [-0.25, -0.2) is 30.0 Å². The summed E-state index contributed by atoms with van der Waals surface area (Å²) in [4.78, 5) is 44.6. The predicted octanol–water partition coefficient (Wildman–Crippen LogP) is 0.639. The maximum Gasteiger partial charge on any atom is 1.00 e. The van der Waals surface area contributed by atoms with E-state index in [0.717, 1.165) is 12.1 Å². The zero-order valence-corrected chi connectivity index (χ0v) is 53.2. The van der Waals surface area contributed by atoms with Gasteiger partial charge in [-0.3, -0.25) is 39.7 Å². The number of H-pyrrole nitrogens is 4. The Kier molecular flexibility index (Phi) is 21.0. The number of aromatic nitrogens is 6. The molecule has 0 saturated heterocycles. The van der Waals surface area contributed by atoms with Gasteiger partial charge in [-0.15, -0.1) is 11.5 Å². The number of aliphatic imine (C=N–C) groups is 2. The summed E-state index contributed by atoms with van der Waals surface area (Å²) >= 11 is 0. The second-order valence-electron chi connectivity index (χ2n) is 22.0. The van der Waals surface area contributed by atoms with Crippen molar-refractivity contribution in [3.63, 3.8) is 0 Å². The van der Waals surface area contributed by atoms with E-state index in [9.17, 15) is 46.4 Å². The maximum atomic E-state index is 13.6. The van der Waals surface area contributed by atoms with Crippen molar-refractivity contribution >= 4 is 79.1 Å². The van der Waals surface area contributed by atoms with Crippen LogP contribution in [0.4, 0.5) is 34.6 Å². The summed E-state index contributed by atoms with van der Waals surface area (Å²) < 4.78 is 72.5. The Labute approximate surface area is 507 Å². The van der Waals surface area contributed by atoms with Crippen LogP contribution in [-0.4, -0.2) is 92.2 Å². The van der Waals surface area contributed by atoms with Crippen molar-refractivity contribution in [2.75, 3.05) is 24.7 Å². The van der Waals surface area contributed by atoms with Crippen molar-refractivity contribution in [3.05, 3.63) is 117 Å². The van der Waals surface area contributed by atoms with Crippen LogP contribution in [0.25, 0.3) is 12.2 Å². The van der Waals surface area contributed by atoms with Crippen molar-refractivity contribution < 1.29 is 105 Å². The molecule has 0 saturated carbocycles. The fraction of sp³-hybridized carbons (Fsp3) is 0.346. The Bertz CT molecular complexity index is 3620. The number of aliphatic hydroxyl groups is 2. The van der Waals surface area contributed by atoms with E-state index in [-0.39, 0.29) is 127 Å². The molecule has 0 spiro atoms. The maximum absolute atomic E-state index is 13.6. The van der Waals surface area contributed by atoms with Gasteiger partial charge >= 0.3 is 59.1 Å². The van der Waals surface area contributed by atoms with E-state index in [4.69, 9.17) is 9.98 Å². The second-order valence-corrected chi connectivity index (χ2v) is 24.8. The van der Waals surface area contributed by atoms with Gasteiger partial charge in [0, 0.05) is 14.1 Å². The molecule has 10 N–H and O–H groups in total. The largest absolute Gasteiger partial charge is 1.00 e. The number of benzene rings is 4. The van der Waals surface area contributed by atoms with E-state index in [0.29, 0.717) is 33.6 Å². The molecule has 80 heavy (non-hydrogen) atoms. The van der Waals surface area contributed by atoms with Crippen molar-refractivity contribution in [2.24, 2.45) is 30.0 Å². The minimum Gasteiger partial charge on any atom is -0.872 e. The van der Waals surface area contributed by atoms with Gasteiger partial charge in [0.15, 0.2) is 0 Å². The summed E-state index contributed by atoms with van der Waals surface area (Å²) in [5.74, 6) is -0.414. The number of aromatic amines is 4. The number of anilines is 2. The quantitative estimate of drug-likeness (QED) is 0.0296. The molecular formula is C52H64N14Na2O10S2. The third-order valence-electron chi connectivity index (χ3n) is 11.6. The zero-order valence-electron chi connectivity index (χ0n) is 47.6. The molecule has 2 aromatic heterocycles. The summed E-state index contributed by atoms with van der Waals surface area (Å²) in [6.07, 6.45) is 2.38. The number of hydrogen-bond donors (Lipinski definition) is 10. The van der Waals surface area contributed by atoms with Crippen LogP contribution in [0, 0.1) is 0 Å². The molecule has 0 radical (unpaired) electrons. The van der Waals surface area contributed by atoms with E-state index in [1.54, 1.807) is 24.3 Å². The SMILES string of the molecule is CN=C(O)Nc1nc(=Nc2ccc(/C=C/c3ccc(N=c4nc(NC(O)=NC)[nH]c(=Nc5cc(C(C)(C)C)c([O-])c(C(C)(C)C)c5)[nH]4)cc3S(=O)(=O)O)c(S(=O)(=O)O)c2)[nH]c(=Nc2cc(C(C)(C)C)c([O-])c(C(C)(C)C)c2)[nH]1.[Na+].[Na+]. The third-order valence-corrected chi connectivity index (χ3v) is 13.4. The molecule has 0 amide bonds. The smallest absolute Gasteiger partial charge is 0.872 e. The first kappa shape index (κ1) is 66.3. The number of amidine groups is 2. The summed E-state index contributed by atoms with van der Waals surface area (Å²) in [7, 11) is -7.35. The van der Waals surface area contributed by atoms with E-state index >= 15 is 0 Å². The molecule has 0 aliphatic rings. The minimum atomic E-state index is -5.00. The summed E-state index contributed by atoms with van der Waals surface area (Å²) in [6, 6.07) is 13.0. The fourth-order valence-electron chi connectivity index (χ4n) is 7.66. The van der Waals surface area contributed by atoms with E-state index < -0.39 is 63.7 Å². The van der Waals surface area contributed by atoms with Gasteiger partial charge in [0.1, 0.15) is 9.79 Å². The molecule has 0 unspecified atom stereocenters. The molecule has 0 aliphatic heterocycles. The summed E-state index contributed by atoms with van der Waals surface area (Å²) in [5, 5.41) is 52.7. The van der Waals surface area contributed by atoms with Crippen molar-refractivity contribution in [1.82, 2.24) is 29.9 Å². The van der Waals surface area contributed by atoms with Crippen molar-refractivity contribution in [3.8, 4) is 11.5 Å². The fourth-order valence-corrected chi connectivity index (χ4v) is 9.06. The Morgan fingerprint density at radius 2 is 0.800 bits per heavy atom. The average molecular weight is 1160 g/mol. The Morgan fingerprint density at radius 1 is 0.500 bits per heavy atom. The molecule has 6 aromatic rings. The average Bonchev–Trinajstić information content (AvgIpc) is 3.30. The minimum absolute atomic E-state index is 0. The molecule has 0 atom stereocenters. The van der Waals surface area contributed by atoms with Crippen LogP contribution in [0.15, 0.2) is 100 Å². The third kappa shape index (κ3) is 17.2. The monoisotopic (exact) mass is 1150 g/mol. The van der Waals surface area contributed by atoms with Crippen LogP contribution >= 0.6 is 0 Å². The van der Waals surface area contributed by atoms with Crippen LogP contribution in [0.2, 0.25) is 0 Å². The number of aliphatic hydroxyl groups excluding tert-OH is 2. The number of hydrogen-bond acceptors (Lipinski definition) is 14. The molecule has 0 fully saturated rings. The summed E-state index contributed by atoms with van der Waals surface area (Å²) in [5.41, 5.74) is 0.126. The molecule has 0 bridgehead atoms. The molecule has 28 heteroatoms. The molecule has 24 nitrogen and oxygen atoms in total. The molecular weight excluding hydrogens is 1090 g/mol. The Morgan fingerprint density at radius 3 is 1.06 bits per heavy atom. The van der Waals surface area contributed by atoms with Crippen molar-refractivity contribution in [1.29, 1.82) is 0 Å². The molecule has 6 rings (SSSR count). The molecule has 2 heterocycles. The van der Waals surface area contributed by atoms with Gasteiger partial charge < -0.3 is 20.4 Å². The first-order valence-electron chi connectivity index (χ1n) is 24.0. The first-order chi connectivity index (χ1) is 35.9. The van der Waals surface area contributed by atoms with Crippen molar-refractivity contribution in [2.45, 2.75) is 115 Å². The van der Waals surface area contributed by atoms with Crippen LogP contribution in [0.5, 0.6) is 11.5 Å². The predicted molar refractivity (Wildman–Crippen MR) is 294 cm³/mol. The van der Waals surface area contributed by atoms with Gasteiger partial charge in [0.2, 0.25) is 34.4 Å².